The van der Waals surface area contributed by atoms with E-state index in [4.69, 9.17) is 0 Å². The molecule has 3 rings (SSSR count). The van der Waals surface area contributed by atoms with E-state index in [-0.39, 0.29) is 5.92 Å². The zero-order valence-electron chi connectivity index (χ0n) is 14.1. The van der Waals surface area contributed by atoms with Crippen LogP contribution in [0.4, 0.5) is 0 Å². The number of nitrogens with one attached hydrogen (secondary N) is 1. The maximum Gasteiger partial charge on any atom is 0.281 e. The van der Waals surface area contributed by atoms with Crippen molar-refractivity contribution in [2.75, 3.05) is 27.2 Å². The SMILES string of the molecule is Cc1cnc(-c2cc(CC3CCN(S(=O)(=O)N(C)C)C3)ncn2)[nH]1. The molecule has 1 fully saturated rings. The van der Waals surface area contributed by atoms with Gasteiger partial charge in [-0.1, -0.05) is 0 Å². The highest BCUT2D eigenvalue weighted by Crippen LogP contribution is 2.24. The maximum atomic E-state index is 12.2. The minimum atomic E-state index is -3.33. The number of imidazole rings is 1. The highest BCUT2D eigenvalue weighted by Gasteiger charge is 2.32. The number of nitrogens with zero attached hydrogens (tertiary/aromatic N) is 5. The van der Waals surface area contributed by atoms with Gasteiger partial charge in [0.15, 0.2) is 5.82 Å². The van der Waals surface area contributed by atoms with Crippen molar-refractivity contribution < 1.29 is 8.42 Å². The average Bonchev–Trinajstić information content (AvgIpc) is 3.17. The lowest BCUT2D eigenvalue weighted by atomic mass is 10.0. The monoisotopic (exact) mass is 350 g/mol. The first kappa shape index (κ1) is 17.0. The molecule has 3 heterocycles. The van der Waals surface area contributed by atoms with Crippen LogP contribution in [0.1, 0.15) is 17.8 Å². The average molecular weight is 350 g/mol. The highest BCUT2D eigenvalue weighted by molar-refractivity contribution is 7.86. The van der Waals surface area contributed by atoms with Crippen molar-refractivity contribution in [3.8, 4) is 11.5 Å². The number of hydrogen-bond donors (Lipinski definition) is 1. The van der Waals surface area contributed by atoms with Crippen LogP contribution in [0.2, 0.25) is 0 Å². The molecule has 2 aromatic heterocycles. The van der Waals surface area contributed by atoms with Crippen LogP contribution in [0.15, 0.2) is 18.6 Å². The molecular formula is C15H22N6O2S. The Hall–Kier alpha value is -1.84. The summed E-state index contributed by atoms with van der Waals surface area (Å²) >= 11 is 0. The van der Waals surface area contributed by atoms with E-state index in [9.17, 15) is 8.42 Å². The number of aromatic amines is 1. The molecule has 0 radical (unpaired) electrons. The van der Waals surface area contributed by atoms with Crippen molar-refractivity contribution in [1.29, 1.82) is 0 Å². The van der Waals surface area contributed by atoms with E-state index >= 15 is 0 Å². The normalized spacial score (nSPS) is 19.2. The molecule has 1 atom stereocenters. The van der Waals surface area contributed by atoms with Crippen molar-refractivity contribution in [3.05, 3.63) is 30.0 Å². The molecule has 1 aliphatic heterocycles. The number of aromatic nitrogens is 4. The molecule has 24 heavy (non-hydrogen) atoms. The van der Waals surface area contributed by atoms with E-state index in [1.54, 1.807) is 20.3 Å². The highest BCUT2D eigenvalue weighted by atomic mass is 32.2. The summed E-state index contributed by atoms with van der Waals surface area (Å²) < 4.78 is 27.2. The lowest BCUT2D eigenvalue weighted by Crippen LogP contribution is -2.38. The fraction of sp³-hybridized carbons (Fsp3) is 0.533. The second kappa shape index (κ2) is 6.58. The van der Waals surface area contributed by atoms with Crippen molar-refractivity contribution >= 4 is 10.2 Å². The lowest BCUT2D eigenvalue weighted by molar-refractivity contribution is 0.409. The van der Waals surface area contributed by atoms with E-state index in [1.807, 2.05) is 13.0 Å². The Morgan fingerprint density at radius 3 is 2.79 bits per heavy atom. The Balaban J connectivity index is 1.69. The lowest BCUT2D eigenvalue weighted by Gasteiger charge is -2.20. The van der Waals surface area contributed by atoms with Gasteiger partial charge in [0, 0.05) is 44.8 Å². The van der Waals surface area contributed by atoms with E-state index < -0.39 is 10.2 Å². The zero-order chi connectivity index (χ0) is 17.3. The van der Waals surface area contributed by atoms with Gasteiger partial charge in [0.25, 0.3) is 10.2 Å². The molecule has 0 aromatic carbocycles. The summed E-state index contributed by atoms with van der Waals surface area (Å²) in [5, 5.41) is 0. The van der Waals surface area contributed by atoms with Crippen LogP contribution in [-0.2, 0) is 16.6 Å². The molecule has 0 aliphatic carbocycles. The third-order valence-corrected chi connectivity index (χ3v) is 6.11. The molecule has 9 heteroatoms. The largest absolute Gasteiger partial charge is 0.341 e. The van der Waals surface area contributed by atoms with Crippen LogP contribution in [0.25, 0.3) is 11.5 Å². The van der Waals surface area contributed by atoms with Gasteiger partial charge in [-0.2, -0.15) is 17.0 Å². The first-order valence-electron chi connectivity index (χ1n) is 7.87. The minimum absolute atomic E-state index is 0.265. The Bertz CT molecular complexity index is 817. The van der Waals surface area contributed by atoms with Crippen LogP contribution in [-0.4, -0.2) is 64.1 Å². The summed E-state index contributed by atoms with van der Waals surface area (Å²) in [6.45, 7) is 3.02. The van der Waals surface area contributed by atoms with Crippen LogP contribution >= 0.6 is 0 Å². The topological polar surface area (TPSA) is 95.1 Å². The molecule has 8 nitrogen and oxygen atoms in total. The predicted octanol–water partition coefficient (Wildman–Crippen LogP) is 0.846. The van der Waals surface area contributed by atoms with Gasteiger partial charge in [-0.3, -0.25) is 0 Å². The molecule has 1 unspecified atom stereocenters. The predicted molar refractivity (Wildman–Crippen MR) is 90.3 cm³/mol. The van der Waals surface area contributed by atoms with Gasteiger partial charge in [-0.15, -0.1) is 0 Å². The zero-order valence-corrected chi connectivity index (χ0v) is 14.9. The van der Waals surface area contributed by atoms with Gasteiger partial charge < -0.3 is 4.98 Å². The third kappa shape index (κ3) is 3.47. The van der Waals surface area contributed by atoms with Crippen LogP contribution < -0.4 is 0 Å². The summed E-state index contributed by atoms with van der Waals surface area (Å²) in [7, 11) is -0.211. The number of H-pyrrole nitrogens is 1. The molecule has 0 saturated carbocycles. The fourth-order valence-electron chi connectivity index (χ4n) is 2.88. The molecule has 1 aliphatic rings. The summed E-state index contributed by atoms with van der Waals surface area (Å²) in [6.07, 6.45) is 4.87. The quantitative estimate of drug-likeness (QED) is 0.862. The molecule has 0 spiro atoms. The molecule has 2 aromatic rings. The molecule has 1 N–H and O–H groups in total. The second-order valence-corrected chi connectivity index (χ2v) is 8.46. The summed E-state index contributed by atoms with van der Waals surface area (Å²) in [5.41, 5.74) is 2.64. The van der Waals surface area contributed by atoms with E-state index in [2.05, 4.69) is 19.9 Å². The molecule has 0 bridgehead atoms. The first-order valence-corrected chi connectivity index (χ1v) is 9.26. The van der Waals surface area contributed by atoms with Crippen molar-refractivity contribution in [3.63, 3.8) is 0 Å². The molecule has 0 amide bonds. The molecule has 1 saturated heterocycles. The Kier molecular flexibility index (Phi) is 4.66. The van der Waals surface area contributed by atoms with Gasteiger partial charge in [-0.25, -0.2) is 15.0 Å². The Morgan fingerprint density at radius 1 is 1.33 bits per heavy atom. The summed E-state index contributed by atoms with van der Waals surface area (Å²) in [6, 6.07) is 1.92. The summed E-state index contributed by atoms with van der Waals surface area (Å²) in [4.78, 5) is 16.0. The maximum absolute atomic E-state index is 12.2. The van der Waals surface area contributed by atoms with Gasteiger partial charge in [0.2, 0.25) is 0 Å². The Labute approximate surface area is 142 Å². The number of aryl methyl sites for hydroxylation is 1. The smallest absolute Gasteiger partial charge is 0.281 e. The third-order valence-electron chi connectivity index (χ3n) is 4.20. The minimum Gasteiger partial charge on any atom is -0.341 e. The fourth-order valence-corrected chi connectivity index (χ4v) is 4.08. The standard InChI is InChI=1S/C15H22N6O2S/c1-11-8-16-15(19-11)14-7-13(17-10-18-14)6-12-4-5-21(9-12)24(22,23)20(2)3/h7-8,10,12H,4-6,9H2,1-3H3,(H,16,19). The molecular weight excluding hydrogens is 328 g/mol. The van der Waals surface area contributed by atoms with E-state index in [1.165, 1.54) is 14.9 Å². The van der Waals surface area contributed by atoms with Gasteiger partial charge >= 0.3 is 0 Å². The van der Waals surface area contributed by atoms with Crippen LogP contribution in [0.3, 0.4) is 0 Å². The van der Waals surface area contributed by atoms with Gasteiger partial charge in [0.05, 0.1) is 0 Å². The van der Waals surface area contributed by atoms with Gasteiger partial charge in [0.1, 0.15) is 12.0 Å². The first-order chi connectivity index (χ1) is 11.4. The van der Waals surface area contributed by atoms with Crippen LogP contribution in [0, 0.1) is 12.8 Å². The van der Waals surface area contributed by atoms with Crippen molar-refractivity contribution in [2.24, 2.45) is 5.92 Å². The Morgan fingerprint density at radius 2 is 2.12 bits per heavy atom. The van der Waals surface area contributed by atoms with Crippen molar-refractivity contribution in [2.45, 2.75) is 19.8 Å². The number of hydrogen-bond acceptors (Lipinski definition) is 5. The van der Waals surface area contributed by atoms with E-state index in [0.29, 0.717) is 13.1 Å². The molecule has 130 valence electrons. The summed E-state index contributed by atoms with van der Waals surface area (Å²) in [5.74, 6) is 0.986. The second-order valence-electron chi connectivity index (χ2n) is 6.32. The van der Waals surface area contributed by atoms with Crippen LogP contribution in [0.5, 0.6) is 0 Å². The van der Waals surface area contributed by atoms with Gasteiger partial charge in [-0.05, 0) is 31.7 Å². The van der Waals surface area contributed by atoms with Crippen molar-refractivity contribution in [1.82, 2.24) is 28.5 Å². The number of rotatable bonds is 5. The van der Waals surface area contributed by atoms with E-state index in [0.717, 1.165) is 35.7 Å².